The fraction of sp³-hybridized carbons (Fsp3) is 1.00. The molecule has 0 atom stereocenters. The maximum absolute atomic E-state index is 2.45. The van der Waals surface area contributed by atoms with E-state index in [2.05, 4.69) is 27.7 Å². The van der Waals surface area contributed by atoms with Crippen LogP contribution in [-0.2, 0) is 0 Å². The van der Waals surface area contributed by atoms with Crippen molar-refractivity contribution in [3.8, 4) is 0 Å². The molecule has 0 amide bonds. The average molecular weight is 373 g/mol. The fourth-order valence-corrected chi connectivity index (χ4v) is 7.89. The van der Waals surface area contributed by atoms with Crippen LogP contribution in [-0.4, -0.2) is 24.6 Å². The summed E-state index contributed by atoms with van der Waals surface area (Å²) in [5.74, 6) is 0. The van der Waals surface area contributed by atoms with Gasteiger partial charge in [0.25, 0.3) is 0 Å². The molecule has 0 N–H and O–H groups in total. The van der Waals surface area contributed by atoms with E-state index in [1.54, 1.807) is 6.16 Å². The third-order valence-corrected chi connectivity index (χ3v) is 12.7. The van der Waals surface area contributed by atoms with E-state index in [-0.39, 0.29) is 0 Å². The molecule has 0 nitrogen and oxygen atoms in total. The fourth-order valence-electron chi connectivity index (χ4n) is 4.33. The first-order chi connectivity index (χ1) is 12.2. The quantitative estimate of drug-likeness (QED) is 0.148. The number of unbranched alkanes of at least 4 members (excludes halogenated alkanes) is 15. The van der Waals surface area contributed by atoms with E-state index in [0.717, 1.165) is 0 Å². The number of hydrogen-bond donors (Lipinski definition) is 0. The van der Waals surface area contributed by atoms with E-state index >= 15 is 0 Å². The molecule has 0 saturated heterocycles. The Labute approximate surface area is 162 Å². The Morgan fingerprint density at radius 1 is 0.360 bits per heavy atom. The topological polar surface area (TPSA) is 0 Å². The van der Waals surface area contributed by atoms with Crippen LogP contribution in [0.2, 0.25) is 0 Å². The zero-order valence-electron chi connectivity index (χ0n) is 18.6. The van der Waals surface area contributed by atoms with Crippen molar-refractivity contribution in [3.63, 3.8) is 0 Å². The standard InChI is InChI=1S/C24H53P/c1-5-9-10-11-12-13-14-15-16-17-18-19-20-21-22-23-24-25(6-2,7-3)8-4/h25H,5-24H2,1-4H3. The first-order valence-corrected chi connectivity index (χ1v) is 15.1. The van der Waals surface area contributed by atoms with Crippen molar-refractivity contribution in [2.24, 2.45) is 0 Å². The van der Waals surface area contributed by atoms with Crippen molar-refractivity contribution in [3.05, 3.63) is 0 Å². The van der Waals surface area contributed by atoms with Crippen molar-refractivity contribution in [2.45, 2.75) is 130 Å². The Morgan fingerprint density at radius 3 is 0.920 bits per heavy atom. The molecule has 154 valence electrons. The van der Waals surface area contributed by atoms with Crippen LogP contribution in [0.15, 0.2) is 0 Å². The molecule has 0 saturated carbocycles. The summed E-state index contributed by atoms with van der Waals surface area (Å²) in [7, 11) is -0.825. The average Bonchev–Trinajstić information content (AvgIpc) is 2.65. The molecule has 0 radical (unpaired) electrons. The van der Waals surface area contributed by atoms with Gasteiger partial charge in [0.15, 0.2) is 0 Å². The van der Waals surface area contributed by atoms with Crippen LogP contribution in [0.5, 0.6) is 0 Å². The summed E-state index contributed by atoms with van der Waals surface area (Å²) < 4.78 is 0. The summed E-state index contributed by atoms with van der Waals surface area (Å²) in [6, 6.07) is 0. The van der Waals surface area contributed by atoms with Crippen LogP contribution in [0.25, 0.3) is 0 Å². The summed E-state index contributed by atoms with van der Waals surface area (Å²) in [4.78, 5) is 0. The Kier molecular flexibility index (Phi) is 19.5. The molecule has 0 aliphatic rings. The summed E-state index contributed by atoms with van der Waals surface area (Å²) in [6.45, 7) is 9.65. The van der Waals surface area contributed by atoms with Gasteiger partial charge in [-0.15, -0.1) is 0 Å². The van der Waals surface area contributed by atoms with Crippen molar-refractivity contribution >= 4 is 7.26 Å². The van der Waals surface area contributed by atoms with Crippen molar-refractivity contribution in [1.29, 1.82) is 0 Å². The zero-order chi connectivity index (χ0) is 18.6. The molecule has 0 aromatic heterocycles. The molecular weight excluding hydrogens is 319 g/mol. The molecule has 0 aromatic rings. The van der Waals surface area contributed by atoms with Crippen LogP contribution < -0.4 is 0 Å². The van der Waals surface area contributed by atoms with E-state index in [9.17, 15) is 0 Å². The number of hydrogen-bond acceptors (Lipinski definition) is 0. The third-order valence-electron chi connectivity index (χ3n) is 6.81. The van der Waals surface area contributed by atoms with Crippen LogP contribution in [0.1, 0.15) is 130 Å². The molecule has 0 aromatic carbocycles. The predicted octanol–water partition coefficient (Wildman–Crippen LogP) is 9.06. The SMILES string of the molecule is CCCCCCCCCCCCCCCCCC[PH](CC)(CC)CC. The zero-order valence-corrected chi connectivity index (χ0v) is 19.6. The van der Waals surface area contributed by atoms with Gasteiger partial charge in [-0.2, -0.15) is 0 Å². The van der Waals surface area contributed by atoms with Crippen LogP contribution in [0.3, 0.4) is 0 Å². The summed E-state index contributed by atoms with van der Waals surface area (Å²) in [5.41, 5.74) is 0. The molecule has 0 aliphatic carbocycles. The van der Waals surface area contributed by atoms with E-state index in [0.29, 0.717) is 0 Å². The van der Waals surface area contributed by atoms with Gasteiger partial charge in [0.2, 0.25) is 0 Å². The Morgan fingerprint density at radius 2 is 0.640 bits per heavy atom. The minimum absolute atomic E-state index is 0.825. The van der Waals surface area contributed by atoms with Crippen LogP contribution >= 0.6 is 7.26 Å². The van der Waals surface area contributed by atoms with Gasteiger partial charge >= 0.3 is 123 Å². The molecule has 0 fully saturated rings. The van der Waals surface area contributed by atoms with E-state index in [1.807, 2.05) is 0 Å². The van der Waals surface area contributed by atoms with Gasteiger partial charge in [-0.25, -0.2) is 0 Å². The van der Waals surface area contributed by atoms with Gasteiger partial charge in [-0.3, -0.25) is 0 Å². The van der Waals surface area contributed by atoms with E-state index in [4.69, 9.17) is 0 Å². The second kappa shape index (κ2) is 19.2. The van der Waals surface area contributed by atoms with Crippen molar-refractivity contribution < 1.29 is 0 Å². The molecule has 1 heteroatoms. The second-order valence-corrected chi connectivity index (χ2v) is 14.2. The molecule has 0 heterocycles. The predicted molar refractivity (Wildman–Crippen MR) is 124 cm³/mol. The first kappa shape index (κ1) is 25.4. The van der Waals surface area contributed by atoms with Gasteiger partial charge in [0.05, 0.1) is 0 Å². The normalized spacial score (nSPS) is 12.6. The molecular formula is C24H53P. The van der Waals surface area contributed by atoms with Crippen molar-refractivity contribution in [2.75, 3.05) is 24.6 Å². The molecule has 0 unspecified atom stereocenters. The van der Waals surface area contributed by atoms with Crippen LogP contribution in [0.4, 0.5) is 0 Å². The van der Waals surface area contributed by atoms with Crippen LogP contribution in [0, 0.1) is 0 Å². The molecule has 25 heavy (non-hydrogen) atoms. The monoisotopic (exact) mass is 372 g/mol. The molecule has 0 bridgehead atoms. The maximum atomic E-state index is 2.45. The Bertz CT molecular complexity index is 236. The number of rotatable bonds is 20. The minimum atomic E-state index is -0.825. The molecule has 0 spiro atoms. The summed E-state index contributed by atoms with van der Waals surface area (Å²) >= 11 is 0. The summed E-state index contributed by atoms with van der Waals surface area (Å²) in [5, 5.41) is 0. The Balaban J connectivity index is 3.21. The van der Waals surface area contributed by atoms with Gasteiger partial charge < -0.3 is 0 Å². The molecule has 0 aliphatic heterocycles. The van der Waals surface area contributed by atoms with E-state index in [1.165, 1.54) is 121 Å². The summed E-state index contributed by atoms with van der Waals surface area (Å²) in [6.07, 6.45) is 29.9. The van der Waals surface area contributed by atoms with Gasteiger partial charge in [-0.1, -0.05) is 39.0 Å². The second-order valence-electron chi connectivity index (χ2n) is 8.61. The van der Waals surface area contributed by atoms with E-state index < -0.39 is 7.26 Å². The van der Waals surface area contributed by atoms with Gasteiger partial charge in [-0.05, 0) is 0 Å². The van der Waals surface area contributed by atoms with Crippen molar-refractivity contribution in [1.82, 2.24) is 0 Å². The van der Waals surface area contributed by atoms with Gasteiger partial charge in [0.1, 0.15) is 0 Å². The first-order valence-electron chi connectivity index (χ1n) is 12.2. The third kappa shape index (κ3) is 15.2. The van der Waals surface area contributed by atoms with Gasteiger partial charge in [0, 0.05) is 0 Å². The Hall–Kier alpha value is 0.430. The molecule has 0 rings (SSSR count).